The quantitative estimate of drug-likeness (QED) is 0.752. The number of hydrogen-bond acceptors (Lipinski definition) is 3. The number of likely N-dealkylation sites (tertiary alicyclic amines) is 1. The van der Waals surface area contributed by atoms with Gasteiger partial charge in [-0.3, -0.25) is 4.79 Å². The van der Waals surface area contributed by atoms with E-state index < -0.39 is 11.9 Å². The van der Waals surface area contributed by atoms with E-state index in [1.165, 1.54) is 0 Å². The molecule has 1 aliphatic heterocycles. The summed E-state index contributed by atoms with van der Waals surface area (Å²) in [5.41, 5.74) is 2.22. The van der Waals surface area contributed by atoms with Crippen LogP contribution in [-0.2, 0) is 16.6 Å². The van der Waals surface area contributed by atoms with E-state index in [-0.39, 0.29) is 17.8 Å². The van der Waals surface area contributed by atoms with Crippen molar-refractivity contribution in [3.63, 3.8) is 0 Å². The van der Waals surface area contributed by atoms with Gasteiger partial charge in [-0.1, -0.05) is 56.3 Å². The number of carboxylic acid groups (broad SMARTS) is 1. The highest BCUT2D eigenvalue weighted by atomic mass is 35.5. The summed E-state index contributed by atoms with van der Waals surface area (Å²) in [7, 11) is 0. The summed E-state index contributed by atoms with van der Waals surface area (Å²) in [6.07, 6.45) is 1.51. The molecule has 0 saturated carbocycles. The molecule has 2 aromatic carbocycles. The van der Waals surface area contributed by atoms with E-state index in [4.69, 9.17) is 0 Å². The van der Waals surface area contributed by atoms with Crippen LogP contribution in [-0.4, -0.2) is 40.7 Å². The maximum Gasteiger partial charge on any atom is 0.308 e. The number of nitrogens with zero attached hydrogens (tertiary/aromatic N) is 1. The maximum absolute atomic E-state index is 11.8. The third-order valence-corrected chi connectivity index (χ3v) is 6.23. The molecule has 0 unspecified atom stereocenters. The highest BCUT2D eigenvalue weighted by Crippen LogP contribution is 2.40. The van der Waals surface area contributed by atoms with Crippen LogP contribution in [0.15, 0.2) is 54.6 Å². The first-order valence-corrected chi connectivity index (χ1v) is 9.67. The van der Waals surface area contributed by atoms with Crippen molar-refractivity contribution in [3.8, 4) is 5.75 Å². The summed E-state index contributed by atoms with van der Waals surface area (Å²) in [5, 5.41) is 19.5. The molecule has 5 heteroatoms. The third kappa shape index (κ3) is 5.06. The molecule has 3 rings (SSSR count). The Morgan fingerprint density at radius 2 is 1.93 bits per heavy atom. The molecule has 2 aromatic rings. The van der Waals surface area contributed by atoms with Crippen LogP contribution < -0.4 is 0 Å². The lowest BCUT2D eigenvalue weighted by atomic mass is 9.68. The lowest BCUT2D eigenvalue weighted by Gasteiger charge is -2.45. The highest BCUT2D eigenvalue weighted by Gasteiger charge is 2.39. The second-order valence-electron chi connectivity index (χ2n) is 8.10. The molecule has 3 atom stereocenters. The summed E-state index contributed by atoms with van der Waals surface area (Å²) >= 11 is 0. The van der Waals surface area contributed by atoms with Crippen molar-refractivity contribution in [3.05, 3.63) is 65.7 Å². The van der Waals surface area contributed by atoms with Crippen LogP contribution in [0.25, 0.3) is 0 Å². The molecule has 0 spiro atoms. The number of rotatable bonds is 6. The Balaban J connectivity index is 0.00000280. The minimum Gasteiger partial charge on any atom is -0.508 e. The first kappa shape index (κ1) is 22.3. The molecule has 0 aromatic heterocycles. The van der Waals surface area contributed by atoms with Gasteiger partial charge in [0, 0.05) is 13.1 Å². The molecular formula is C23H30ClNO3. The van der Waals surface area contributed by atoms with Crippen molar-refractivity contribution >= 4 is 18.4 Å². The van der Waals surface area contributed by atoms with Gasteiger partial charge in [-0.25, -0.2) is 0 Å². The number of piperidine rings is 1. The zero-order valence-corrected chi connectivity index (χ0v) is 17.4. The topological polar surface area (TPSA) is 60.8 Å². The monoisotopic (exact) mass is 403 g/mol. The zero-order chi connectivity index (χ0) is 19.4. The third-order valence-electron chi connectivity index (χ3n) is 6.23. The van der Waals surface area contributed by atoms with E-state index in [9.17, 15) is 15.0 Å². The fraction of sp³-hybridized carbons (Fsp3) is 0.435. The van der Waals surface area contributed by atoms with Gasteiger partial charge < -0.3 is 15.1 Å². The number of benzene rings is 2. The fourth-order valence-corrected chi connectivity index (χ4v) is 4.21. The molecule has 0 radical (unpaired) electrons. The SMILES string of the molecule is C[C@H]1CN(C[C@@H](Cc2ccccc2)C(=O)O)CC[C@]1(C)c1cccc(O)c1.Cl. The number of carbonyl (C=O) groups is 1. The first-order chi connectivity index (χ1) is 12.9. The standard InChI is InChI=1S/C23H29NO3.ClH/c1-17-15-24(12-11-23(17,2)20-9-6-10-21(25)14-20)16-19(22(26)27)13-18-7-4-3-5-8-18;/h3-10,14,17,19,25H,11-13,15-16H2,1-2H3,(H,26,27);1H/t17-,19+,23-;/m0./s1. The van der Waals surface area contributed by atoms with Crippen LogP contribution in [0.4, 0.5) is 0 Å². The molecule has 0 bridgehead atoms. The van der Waals surface area contributed by atoms with Crippen LogP contribution in [0.2, 0.25) is 0 Å². The van der Waals surface area contributed by atoms with Gasteiger partial charge in [0.2, 0.25) is 0 Å². The Bertz CT molecular complexity index is 782. The van der Waals surface area contributed by atoms with Gasteiger partial charge >= 0.3 is 5.97 Å². The summed E-state index contributed by atoms with van der Waals surface area (Å²) in [6, 6.07) is 17.4. The number of halogens is 1. The second kappa shape index (κ2) is 9.44. The summed E-state index contributed by atoms with van der Waals surface area (Å²) in [5.74, 6) is -0.450. The Morgan fingerprint density at radius 3 is 2.54 bits per heavy atom. The first-order valence-electron chi connectivity index (χ1n) is 9.67. The summed E-state index contributed by atoms with van der Waals surface area (Å²) in [6.45, 7) is 6.79. The van der Waals surface area contributed by atoms with Gasteiger partial charge in [0.25, 0.3) is 0 Å². The summed E-state index contributed by atoms with van der Waals surface area (Å²) < 4.78 is 0. The predicted octanol–water partition coefficient (Wildman–Crippen LogP) is 4.36. The predicted molar refractivity (Wildman–Crippen MR) is 114 cm³/mol. The van der Waals surface area contributed by atoms with Crippen molar-refractivity contribution in [2.75, 3.05) is 19.6 Å². The molecule has 1 fully saturated rings. The smallest absolute Gasteiger partial charge is 0.308 e. The number of hydrogen-bond donors (Lipinski definition) is 2. The molecule has 1 aliphatic rings. The molecule has 152 valence electrons. The van der Waals surface area contributed by atoms with Gasteiger partial charge in [0.1, 0.15) is 5.75 Å². The van der Waals surface area contributed by atoms with Crippen LogP contribution in [0.1, 0.15) is 31.4 Å². The average molecular weight is 404 g/mol. The number of aliphatic carboxylic acids is 1. The van der Waals surface area contributed by atoms with Gasteiger partial charge in [-0.05, 0) is 54.0 Å². The molecule has 0 aliphatic carbocycles. The Labute approximate surface area is 173 Å². The fourth-order valence-electron chi connectivity index (χ4n) is 4.21. The van der Waals surface area contributed by atoms with Gasteiger partial charge in [-0.2, -0.15) is 0 Å². The normalized spacial score (nSPS) is 23.6. The second-order valence-corrected chi connectivity index (χ2v) is 8.10. The molecule has 0 amide bonds. The van der Waals surface area contributed by atoms with E-state index in [0.717, 1.165) is 30.6 Å². The Kier molecular flexibility index (Phi) is 7.50. The van der Waals surface area contributed by atoms with Crippen LogP contribution in [0, 0.1) is 11.8 Å². The Hall–Kier alpha value is -2.04. The van der Waals surface area contributed by atoms with Crippen LogP contribution >= 0.6 is 12.4 Å². The summed E-state index contributed by atoms with van der Waals surface area (Å²) in [4.78, 5) is 14.1. The lowest BCUT2D eigenvalue weighted by molar-refractivity contribution is -0.142. The molecular weight excluding hydrogens is 374 g/mol. The molecule has 28 heavy (non-hydrogen) atoms. The van der Waals surface area contributed by atoms with Crippen LogP contribution in [0.5, 0.6) is 5.75 Å². The minimum atomic E-state index is -0.729. The number of aromatic hydroxyl groups is 1. The van der Waals surface area contributed by atoms with Crippen LogP contribution in [0.3, 0.4) is 0 Å². The molecule has 1 saturated heterocycles. The van der Waals surface area contributed by atoms with Gasteiger partial charge in [0.05, 0.1) is 5.92 Å². The number of carboxylic acids is 1. The van der Waals surface area contributed by atoms with Crippen molar-refractivity contribution in [1.29, 1.82) is 0 Å². The largest absolute Gasteiger partial charge is 0.508 e. The van der Waals surface area contributed by atoms with Crippen molar-refractivity contribution < 1.29 is 15.0 Å². The minimum absolute atomic E-state index is 0. The van der Waals surface area contributed by atoms with Crippen molar-refractivity contribution in [2.24, 2.45) is 11.8 Å². The van der Waals surface area contributed by atoms with Crippen molar-refractivity contribution in [1.82, 2.24) is 4.90 Å². The Morgan fingerprint density at radius 1 is 1.21 bits per heavy atom. The molecule has 4 nitrogen and oxygen atoms in total. The molecule has 1 heterocycles. The maximum atomic E-state index is 11.8. The van der Waals surface area contributed by atoms with Gasteiger partial charge in [0.15, 0.2) is 0 Å². The van der Waals surface area contributed by atoms with E-state index >= 15 is 0 Å². The number of phenolic OH excluding ortho intramolecular Hbond substituents is 1. The average Bonchev–Trinajstić information content (AvgIpc) is 2.65. The number of phenols is 1. The zero-order valence-electron chi connectivity index (χ0n) is 16.5. The van der Waals surface area contributed by atoms with E-state index in [2.05, 4.69) is 24.8 Å². The van der Waals surface area contributed by atoms with E-state index in [1.54, 1.807) is 6.07 Å². The van der Waals surface area contributed by atoms with Crippen molar-refractivity contribution in [2.45, 2.75) is 32.1 Å². The van der Waals surface area contributed by atoms with E-state index in [0.29, 0.717) is 24.6 Å². The highest BCUT2D eigenvalue weighted by molar-refractivity contribution is 5.85. The van der Waals surface area contributed by atoms with Gasteiger partial charge in [-0.15, -0.1) is 12.4 Å². The lowest BCUT2D eigenvalue weighted by Crippen LogP contribution is -2.49. The molecule has 2 N–H and O–H groups in total. The van der Waals surface area contributed by atoms with E-state index in [1.807, 2.05) is 42.5 Å².